The van der Waals surface area contributed by atoms with Crippen molar-refractivity contribution in [2.45, 2.75) is 5.75 Å². The molecule has 0 saturated carbocycles. The van der Waals surface area contributed by atoms with Crippen LogP contribution in [0, 0.1) is 5.82 Å². The van der Waals surface area contributed by atoms with E-state index in [1.165, 1.54) is 12.1 Å². The molecule has 0 fully saturated rings. The lowest BCUT2D eigenvalue weighted by molar-refractivity contribution is 0.536. The van der Waals surface area contributed by atoms with E-state index in [0.717, 1.165) is 16.9 Å². The van der Waals surface area contributed by atoms with Crippen LogP contribution in [-0.4, -0.2) is 13.3 Å². The molecule has 0 aliphatic rings. The number of benzene rings is 2. The molecule has 0 spiro atoms. The Balaban J connectivity index is 2.01. The van der Waals surface area contributed by atoms with Gasteiger partial charge < -0.3 is 9.12 Å². The van der Waals surface area contributed by atoms with Crippen molar-refractivity contribution in [2.24, 2.45) is 0 Å². The molecule has 0 N–H and O–H groups in total. The molecule has 23 heavy (non-hydrogen) atoms. The van der Waals surface area contributed by atoms with Gasteiger partial charge in [-0.05, 0) is 47.5 Å². The van der Waals surface area contributed by atoms with Crippen molar-refractivity contribution in [1.82, 2.24) is 4.57 Å². The average molecular weight is 349 g/mol. The maximum absolute atomic E-state index is 13.1. The molecule has 1 atom stereocenters. The van der Waals surface area contributed by atoms with Crippen molar-refractivity contribution in [1.29, 1.82) is 0 Å². The summed E-state index contributed by atoms with van der Waals surface area (Å²) in [5, 5.41) is 0.511. The highest BCUT2D eigenvalue weighted by Gasteiger charge is 2.11. The van der Waals surface area contributed by atoms with Gasteiger partial charge in [-0.1, -0.05) is 46.9 Å². The van der Waals surface area contributed by atoms with Gasteiger partial charge in [-0.15, -0.1) is 0 Å². The molecule has 0 amide bonds. The van der Waals surface area contributed by atoms with Crippen LogP contribution in [0.3, 0.4) is 0 Å². The molecular formula is C17H12ClFNO2S-. The van der Waals surface area contributed by atoms with E-state index < -0.39 is 11.1 Å². The monoisotopic (exact) mass is 348 g/mol. The van der Waals surface area contributed by atoms with E-state index in [2.05, 4.69) is 0 Å². The van der Waals surface area contributed by atoms with E-state index in [1.807, 2.05) is 22.8 Å². The summed E-state index contributed by atoms with van der Waals surface area (Å²) in [5.74, 6) is -0.325. The maximum Gasteiger partial charge on any atom is 0.123 e. The number of hydrogen-bond acceptors (Lipinski definition) is 2. The summed E-state index contributed by atoms with van der Waals surface area (Å²) >= 11 is 4.15. The lowest BCUT2D eigenvalue weighted by Crippen LogP contribution is -1.97. The minimum absolute atomic E-state index is 0.0139. The van der Waals surface area contributed by atoms with Crippen LogP contribution < -0.4 is 0 Å². The zero-order valence-electron chi connectivity index (χ0n) is 11.9. The Hall–Kier alpha value is -1.95. The van der Waals surface area contributed by atoms with Crippen molar-refractivity contribution >= 4 is 22.7 Å². The zero-order chi connectivity index (χ0) is 16.4. The van der Waals surface area contributed by atoms with E-state index in [-0.39, 0.29) is 11.6 Å². The maximum atomic E-state index is 13.1. The molecule has 3 rings (SSSR count). The van der Waals surface area contributed by atoms with Crippen LogP contribution in [0.4, 0.5) is 4.39 Å². The van der Waals surface area contributed by atoms with Gasteiger partial charge in [-0.2, -0.15) is 0 Å². The first kappa shape index (κ1) is 15.9. The van der Waals surface area contributed by atoms with Crippen LogP contribution in [0.5, 0.6) is 0 Å². The number of nitrogens with zero attached hydrogens (tertiary/aromatic N) is 1. The van der Waals surface area contributed by atoms with Crippen LogP contribution in [-0.2, 0) is 16.8 Å². The molecule has 1 heterocycles. The highest BCUT2D eigenvalue weighted by Crippen LogP contribution is 2.29. The van der Waals surface area contributed by atoms with E-state index in [4.69, 9.17) is 11.6 Å². The van der Waals surface area contributed by atoms with Crippen molar-refractivity contribution in [3.05, 3.63) is 77.2 Å². The third-order valence-electron chi connectivity index (χ3n) is 3.45. The molecule has 0 saturated heterocycles. The molecule has 0 bridgehead atoms. The van der Waals surface area contributed by atoms with Crippen LogP contribution in [0.2, 0.25) is 5.15 Å². The highest BCUT2D eigenvalue weighted by atomic mass is 35.5. The summed E-state index contributed by atoms with van der Waals surface area (Å²) in [6.45, 7) is 0. The van der Waals surface area contributed by atoms with Crippen LogP contribution in [0.1, 0.15) is 5.56 Å². The SMILES string of the molecule is O=S([O-])Cc1ccc(-c2ccc(Cl)n2-c2ccc(F)cc2)cc1. The van der Waals surface area contributed by atoms with Crippen molar-refractivity contribution < 1.29 is 13.2 Å². The highest BCUT2D eigenvalue weighted by molar-refractivity contribution is 7.78. The first-order valence-electron chi connectivity index (χ1n) is 6.83. The van der Waals surface area contributed by atoms with Gasteiger partial charge in [0.05, 0.1) is 5.69 Å². The summed E-state index contributed by atoms with van der Waals surface area (Å²) in [4.78, 5) is 0. The van der Waals surface area contributed by atoms with Gasteiger partial charge >= 0.3 is 0 Å². The topological polar surface area (TPSA) is 45.1 Å². The van der Waals surface area contributed by atoms with Crippen LogP contribution >= 0.6 is 11.6 Å². The second-order valence-corrected chi connectivity index (χ2v) is 6.28. The first-order valence-corrected chi connectivity index (χ1v) is 8.45. The minimum atomic E-state index is -2.11. The third kappa shape index (κ3) is 3.52. The quantitative estimate of drug-likeness (QED) is 0.659. The van der Waals surface area contributed by atoms with Gasteiger partial charge in [0.25, 0.3) is 0 Å². The lowest BCUT2D eigenvalue weighted by Gasteiger charge is -2.12. The molecule has 118 valence electrons. The number of aromatic nitrogens is 1. The van der Waals surface area contributed by atoms with E-state index in [9.17, 15) is 13.2 Å². The fraction of sp³-hybridized carbons (Fsp3) is 0.0588. The summed E-state index contributed by atoms with van der Waals surface area (Å²) in [5.41, 5.74) is 3.20. The Morgan fingerprint density at radius 3 is 2.26 bits per heavy atom. The fourth-order valence-corrected chi connectivity index (χ4v) is 3.11. The van der Waals surface area contributed by atoms with Crippen LogP contribution in [0.15, 0.2) is 60.7 Å². The Morgan fingerprint density at radius 2 is 1.65 bits per heavy atom. The largest absolute Gasteiger partial charge is 0.772 e. The smallest absolute Gasteiger partial charge is 0.123 e. The minimum Gasteiger partial charge on any atom is -0.772 e. The van der Waals surface area contributed by atoms with Gasteiger partial charge in [0.15, 0.2) is 0 Å². The van der Waals surface area contributed by atoms with Crippen LogP contribution in [0.25, 0.3) is 16.9 Å². The third-order valence-corrected chi connectivity index (χ3v) is 4.32. The molecule has 2 aromatic carbocycles. The molecule has 3 aromatic rings. The summed E-state index contributed by atoms with van der Waals surface area (Å²) < 4.78 is 36.4. The van der Waals surface area contributed by atoms with E-state index in [0.29, 0.717) is 10.7 Å². The fourth-order valence-electron chi connectivity index (χ4n) is 2.40. The summed E-state index contributed by atoms with van der Waals surface area (Å²) in [6, 6.07) is 16.9. The molecule has 0 aliphatic heterocycles. The molecule has 6 heteroatoms. The lowest BCUT2D eigenvalue weighted by atomic mass is 10.1. The number of halogens is 2. The van der Waals surface area contributed by atoms with Crippen molar-refractivity contribution in [3.63, 3.8) is 0 Å². The molecule has 0 radical (unpaired) electrons. The first-order chi connectivity index (χ1) is 11.0. The predicted octanol–water partition coefficient (Wildman–Crippen LogP) is 4.32. The van der Waals surface area contributed by atoms with Gasteiger partial charge in [-0.3, -0.25) is 4.21 Å². The second kappa shape index (κ2) is 6.66. The van der Waals surface area contributed by atoms with Gasteiger partial charge in [0.1, 0.15) is 11.0 Å². The Bertz CT molecular complexity index is 844. The normalized spacial score (nSPS) is 12.3. The zero-order valence-corrected chi connectivity index (χ0v) is 13.5. The molecule has 0 aliphatic carbocycles. The Kier molecular flexibility index (Phi) is 4.61. The second-order valence-electron chi connectivity index (χ2n) is 5.00. The van der Waals surface area contributed by atoms with Crippen molar-refractivity contribution in [2.75, 3.05) is 0 Å². The number of hydrogen-bond donors (Lipinski definition) is 0. The Labute approximate surface area is 140 Å². The van der Waals surface area contributed by atoms with Gasteiger partial charge in [0.2, 0.25) is 0 Å². The molecule has 3 nitrogen and oxygen atoms in total. The van der Waals surface area contributed by atoms with E-state index in [1.54, 1.807) is 30.3 Å². The molecule has 1 unspecified atom stereocenters. The Morgan fingerprint density at radius 1 is 1.00 bits per heavy atom. The predicted molar refractivity (Wildman–Crippen MR) is 88.8 cm³/mol. The summed E-state index contributed by atoms with van der Waals surface area (Å²) in [7, 11) is 0. The van der Waals surface area contributed by atoms with E-state index >= 15 is 0 Å². The summed E-state index contributed by atoms with van der Waals surface area (Å²) in [6.07, 6.45) is 0. The van der Waals surface area contributed by atoms with Gasteiger partial charge in [-0.25, -0.2) is 4.39 Å². The van der Waals surface area contributed by atoms with Gasteiger partial charge in [0, 0.05) is 11.4 Å². The van der Waals surface area contributed by atoms with Crippen molar-refractivity contribution in [3.8, 4) is 16.9 Å². The molecule has 1 aromatic heterocycles. The number of rotatable bonds is 4. The molecular weight excluding hydrogens is 337 g/mol. The average Bonchev–Trinajstić information content (AvgIpc) is 2.90. The standard InChI is InChI=1S/C17H13ClFNO2S/c18-17-10-9-16(20(17)15-7-5-14(19)6-8-15)13-3-1-12(2-4-13)11-23(21)22/h1-10H,11H2,(H,21,22)/p-1.